The summed E-state index contributed by atoms with van der Waals surface area (Å²) < 4.78 is 10.5. The van der Waals surface area contributed by atoms with Gasteiger partial charge in [0.15, 0.2) is 0 Å². The molecule has 4 nitrogen and oxygen atoms in total. The van der Waals surface area contributed by atoms with Crippen molar-refractivity contribution in [3.8, 4) is 0 Å². The summed E-state index contributed by atoms with van der Waals surface area (Å²) in [5, 5.41) is 9.07. The quantitative estimate of drug-likeness (QED) is 0.625. The third-order valence-electron chi connectivity index (χ3n) is 2.35. The first-order valence-electron chi connectivity index (χ1n) is 4.74. The summed E-state index contributed by atoms with van der Waals surface area (Å²) in [4.78, 5) is 0. The van der Waals surface area contributed by atoms with Gasteiger partial charge in [-0.2, -0.15) is 0 Å². The van der Waals surface area contributed by atoms with Gasteiger partial charge in [-0.3, -0.25) is 0 Å². The molecule has 1 rings (SSSR count). The summed E-state index contributed by atoms with van der Waals surface area (Å²) >= 11 is 0. The van der Waals surface area contributed by atoms with Gasteiger partial charge < -0.3 is 20.3 Å². The topological polar surface area (TPSA) is 64.7 Å². The number of hydrogen-bond donors (Lipinski definition) is 2. The van der Waals surface area contributed by atoms with Crippen LogP contribution in [0.4, 0.5) is 0 Å². The Kier molecular flexibility index (Phi) is 4.12. The minimum Gasteiger partial charge on any atom is -0.394 e. The highest BCUT2D eigenvalue weighted by Crippen LogP contribution is 2.13. The van der Waals surface area contributed by atoms with Crippen molar-refractivity contribution in [2.75, 3.05) is 19.8 Å². The maximum absolute atomic E-state index is 9.07. The molecule has 0 aromatic rings. The molecular weight excluding hydrogens is 170 g/mol. The molecule has 13 heavy (non-hydrogen) atoms. The Morgan fingerprint density at radius 1 is 1.54 bits per heavy atom. The van der Waals surface area contributed by atoms with Crippen LogP contribution in [-0.2, 0) is 9.47 Å². The third-order valence-corrected chi connectivity index (χ3v) is 2.35. The van der Waals surface area contributed by atoms with Crippen LogP contribution in [0.5, 0.6) is 0 Å². The van der Waals surface area contributed by atoms with E-state index in [0.29, 0.717) is 19.1 Å². The summed E-state index contributed by atoms with van der Waals surface area (Å²) in [6, 6.07) is -0.106. The van der Waals surface area contributed by atoms with Crippen molar-refractivity contribution >= 4 is 0 Å². The fourth-order valence-corrected chi connectivity index (χ4v) is 1.22. The van der Waals surface area contributed by atoms with Crippen LogP contribution in [0.1, 0.15) is 13.8 Å². The van der Waals surface area contributed by atoms with Crippen LogP contribution in [0.3, 0.4) is 0 Å². The van der Waals surface area contributed by atoms with Gasteiger partial charge in [-0.25, -0.2) is 0 Å². The molecular formula is C9H19NO3. The summed E-state index contributed by atoms with van der Waals surface area (Å²) in [5.74, 6) is 0.318. The standard InChI is InChI=1S/C9H19NO3/c1-6(2)9(10)8(3-11)13-7-4-12-5-7/h6-9,11H,3-5,10H2,1-2H3. The van der Waals surface area contributed by atoms with Gasteiger partial charge in [0, 0.05) is 6.04 Å². The smallest absolute Gasteiger partial charge is 0.105 e. The maximum Gasteiger partial charge on any atom is 0.105 e. The number of aliphatic hydroxyl groups excluding tert-OH is 1. The minimum absolute atomic E-state index is 0.0180. The van der Waals surface area contributed by atoms with Crippen molar-refractivity contribution in [2.24, 2.45) is 11.7 Å². The van der Waals surface area contributed by atoms with Crippen LogP contribution in [0.2, 0.25) is 0 Å². The van der Waals surface area contributed by atoms with Crippen molar-refractivity contribution in [3.63, 3.8) is 0 Å². The van der Waals surface area contributed by atoms with E-state index in [4.69, 9.17) is 20.3 Å². The zero-order chi connectivity index (χ0) is 9.84. The van der Waals surface area contributed by atoms with E-state index in [2.05, 4.69) is 0 Å². The van der Waals surface area contributed by atoms with Crippen LogP contribution < -0.4 is 5.73 Å². The molecule has 0 bridgehead atoms. The Bertz CT molecular complexity index is 148. The lowest BCUT2D eigenvalue weighted by molar-refractivity contribution is -0.168. The van der Waals surface area contributed by atoms with Gasteiger partial charge in [0.1, 0.15) is 6.10 Å². The lowest BCUT2D eigenvalue weighted by atomic mass is 10.00. The van der Waals surface area contributed by atoms with Crippen LogP contribution in [0.15, 0.2) is 0 Å². The number of rotatable bonds is 5. The van der Waals surface area contributed by atoms with Crippen molar-refractivity contribution < 1.29 is 14.6 Å². The van der Waals surface area contributed by atoms with E-state index >= 15 is 0 Å². The Morgan fingerprint density at radius 2 is 2.15 bits per heavy atom. The Hall–Kier alpha value is -0.160. The first kappa shape index (κ1) is 10.9. The minimum atomic E-state index is -0.256. The zero-order valence-corrected chi connectivity index (χ0v) is 8.27. The average Bonchev–Trinajstić information content (AvgIpc) is 2.02. The van der Waals surface area contributed by atoms with Gasteiger partial charge in [-0.1, -0.05) is 13.8 Å². The third kappa shape index (κ3) is 2.91. The van der Waals surface area contributed by atoms with Gasteiger partial charge in [-0.05, 0) is 5.92 Å². The molecule has 3 N–H and O–H groups in total. The van der Waals surface area contributed by atoms with Gasteiger partial charge in [0.25, 0.3) is 0 Å². The second kappa shape index (κ2) is 4.91. The Balaban J connectivity index is 2.31. The molecule has 0 aromatic heterocycles. The predicted molar refractivity (Wildman–Crippen MR) is 49.4 cm³/mol. The highest BCUT2D eigenvalue weighted by Gasteiger charge is 2.27. The molecule has 0 amide bonds. The predicted octanol–water partition coefficient (Wildman–Crippen LogP) is -0.254. The molecule has 0 aliphatic carbocycles. The number of hydrogen-bond acceptors (Lipinski definition) is 4. The largest absolute Gasteiger partial charge is 0.394 e. The first-order chi connectivity index (χ1) is 6.15. The summed E-state index contributed by atoms with van der Waals surface area (Å²) in [5.41, 5.74) is 5.87. The number of ether oxygens (including phenoxy) is 2. The molecule has 1 heterocycles. The molecule has 0 radical (unpaired) electrons. The number of nitrogens with two attached hydrogens (primary N) is 1. The van der Waals surface area contributed by atoms with E-state index < -0.39 is 0 Å². The lowest BCUT2D eigenvalue weighted by Crippen LogP contribution is -2.49. The highest BCUT2D eigenvalue weighted by molar-refractivity contribution is 4.78. The zero-order valence-electron chi connectivity index (χ0n) is 8.27. The van der Waals surface area contributed by atoms with Crippen LogP contribution in [0.25, 0.3) is 0 Å². The van der Waals surface area contributed by atoms with Crippen molar-refractivity contribution in [1.29, 1.82) is 0 Å². The fraction of sp³-hybridized carbons (Fsp3) is 1.00. The second-order valence-corrected chi connectivity index (χ2v) is 3.84. The van der Waals surface area contributed by atoms with Gasteiger partial charge in [0.05, 0.1) is 25.9 Å². The summed E-state index contributed by atoms with van der Waals surface area (Å²) in [6.45, 7) is 5.28. The first-order valence-corrected chi connectivity index (χ1v) is 4.74. The maximum atomic E-state index is 9.07. The average molecular weight is 189 g/mol. The molecule has 78 valence electrons. The normalized spacial score (nSPS) is 22.8. The molecule has 1 saturated heterocycles. The Labute approximate surface area is 79.0 Å². The van der Waals surface area contributed by atoms with E-state index in [1.54, 1.807) is 0 Å². The molecule has 1 fully saturated rings. The van der Waals surface area contributed by atoms with Crippen molar-refractivity contribution in [2.45, 2.75) is 32.1 Å². The fourth-order valence-electron chi connectivity index (χ4n) is 1.22. The van der Waals surface area contributed by atoms with Crippen LogP contribution in [0, 0.1) is 5.92 Å². The molecule has 2 unspecified atom stereocenters. The molecule has 1 aliphatic heterocycles. The summed E-state index contributed by atoms with van der Waals surface area (Å²) in [7, 11) is 0. The number of aliphatic hydroxyl groups is 1. The van der Waals surface area contributed by atoms with E-state index in [9.17, 15) is 0 Å². The highest BCUT2D eigenvalue weighted by atomic mass is 16.6. The Morgan fingerprint density at radius 3 is 2.46 bits per heavy atom. The van der Waals surface area contributed by atoms with Crippen LogP contribution >= 0.6 is 0 Å². The van der Waals surface area contributed by atoms with Crippen molar-refractivity contribution in [3.05, 3.63) is 0 Å². The molecule has 0 aromatic carbocycles. The van der Waals surface area contributed by atoms with Crippen molar-refractivity contribution in [1.82, 2.24) is 0 Å². The SMILES string of the molecule is CC(C)C(N)C(CO)OC1COC1. The second-order valence-electron chi connectivity index (χ2n) is 3.84. The summed E-state index contributed by atoms with van der Waals surface area (Å²) in [6.07, 6.45) is -0.129. The molecule has 1 aliphatic rings. The monoisotopic (exact) mass is 189 g/mol. The van der Waals surface area contributed by atoms with E-state index in [0.717, 1.165) is 0 Å². The molecule has 0 spiro atoms. The molecule has 0 saturated carbocycles. The van der Waals surface area contributed by atoms with E-state index in [-0.39, 0.29) is 24.9 Å². The van der Waals surface area contributed by atoms with Crippen LogP contribution in [-0.4, -0.2) is 43.2 Å². The van der Waals surface area contributed by atoms with Gasteiger partial charge in [0.2, 0.25) is 0 Å². The van der Waals surface area contributed by atoms with Gasteiger partial charge >= 0.3 is 0 Å². The van der Waals surface area contributed by atoms with E-state index in [1.165, 1.54) is 0 Å². The van der Waals surface area contributed by atoms with E-state index in [1.807, 2.05) is 13.8 Å². The molecule has 2 atom stereocenters. The lowest BCUT2D eigenvalue weighted by Gasteiger charge is -2.33. The molecule has 4 heteroatoms. The van der Waals surface area contributed by atoms with Gasteiger partial charge in [-0.15, -0.1) is 0 Å².